The molecule has 0 aliphatic carbocycles. The second-order valence-electron chi connectivity index (χ2n) is 5.38. The third-order valence-corrected chi connectivity index (χ3v) is 3.54. The molecule has 0 saturated carbocycles. The molecule has 4 N–H and O–H groups in total. The van der Waals surface area contributed by atoms with Gasteiger partial charge in [0.1, 0.15) is 17.0 Å². The van der Waals surface area contributed by atoms with E-state index in [9.17, 15) is 37.8 Å². The highest BCUT2D eigenvalue weighted by molar-refractivity contribution is 6.00. The summed E-state index contributed by atoms with van der Waals surface area (Å²) in [6.45, 7) is -0.0839. The number of nitrogens with one attached hydrogen (secondary N) is 1. The van der Waals surface area contributed by atoms with Crippen LogP contribution in [0, 0.1) is 0 Å². The smallest absolute Gasteiger partial charge is 0.417 e. The molecule has 0 fully saturated rings. The van der Waals surface area contributed by atoms with Crippen LogP contribution in [-0.2, 0) is 17.5 Å². The summed E-state index contributed by atoms with van der Waals surface area (Å²) in [6, 6.07) is 4.39. The van der Waals surface area contributed by atoms with E-state index in [4.69, 9.17) is 5.11 Å². The van der Waals surface area contributed by atoms with Crippen molar-refractivity contribution in [3.63, 3.8) is 0 Å². The Morgan fingerprint density at radius 1 is 1.19 bits per heavy atom. The second kappa shape index (κ2) is 7.40. The zero-order valence-corrected chi connectivity index (χ0v) is 13.4. The fraction of sp³-hybridized carbons (Fsp3) is 0.188. The maximum atomic E-state index is 12.9. The monoisotopic (exact) mass is 386 g/mol. The Kier molecular flexibility index (Phi) is 5.43. The van der Waals surface area contributed by atoms with Gasteiger partial charge in [0.15, 0.2) is 5.75 Å². The van der Waals surface area contributed by atoms with Crippen LogP contribution >= 0.6 is 0 Å². The first-order valence-corrected chi connectivity index (χ1v) is 7.37. The molecule has 1 aromatic heterocycles. The number of carboxylic acids is 1. The van der Waals surface area contributed by atoms with Crippen LogP contribution in [0.4, 0.5) is 18.9 Å². The van der Waals surface area contributed by atoms with Gasteiger partial charge >= 0.3 is 12.1 Å². The van der Waals surface area contributed by atoms with Crippen molar-refractivity contribution in [3.05, 3.63) is 51.9 Å². The number of hydrogen-bond acceptors (Lipinski definition) is 5. The van der Waals surface area contributed by atoms with Crippen molar-refractivity contribution < 1.29 is 38.1 Å². The number of aromatic carboxylic acids is 1. The van der Waals surface area contributed by atoms with E-state index in [1.165, 1.54) is 22.9 Å². The van der Waals surface area contributed by atoms with Gasteiger partial charge in [0.25, 0.3) is 5.56 Å². The molecular formula is C16H13F3N2O6. The van der Waals surface area contributed by atoms with Crippen LogP contribution in [0.3, 0.4) is 0 Å². The highest BCUT2D eigenvalue weighted by Crippen LogP contribution is 2.44. The number of aryl methyl sites for hydroxylation is 1. The van der Waals surface area contributed by atoms with Gasteiger partial charge in [-0.1, -0.05) is 6.07 Å². The molecule has 11 heteroatoms. The number of carbonyl (C=O) groups is 2. The Bertz CT molecular complexity index is 952. The first-order chi connectivity index (χ1) is 12.5. The highest BCUT2D eigenvalue weighted by atomic mass is 19.4. The minimum absolute atomic E-state index is 0.0839. The molecule has 0 saturated heterocycles. The first kappa shape index (κ1) is 19.8. The molecule has 1 amide bonds. The van der Waals surface area contributed by atoms with Crippen LogP contribution in [0.5, 0.6) is 11.5 Å². The topological polar surface area (TPSA) is 129 Å². The van der Waals surface area contributed by atoms with E-state index in [0.29, 0.717) is 0 Å². The molecule has 0 unspecified atom stereocenters. The molecule has 0 bridgehead atoms. The van der Waals surface area contributed by atoms with Crippen LogP contribution in [0.2, 0.25) is 0 Å². The molecule has 2 rings (SSSR count). The summed E-state index contributed by atoms with van der Waals surface area (Å²) >= 11 is 0. The maximum Gasteiger partial charge on any atom is 0.417 e. The van der Waals surface area contributed by atoms with E-state index in [0.717, 1.165) is 0 Å². The molecule has 2 aromatic rings. The number of aromatic nitrogens is 1. The van der Waals surface area contributed by atoms with Crippen molar-refractivity contribution >= 4 is 17.6 Å². The molecule has 0 aliphatic heterocycles. The third kappa shape index (κ3) is 4.37. The summed E-state index contributed by atoms with van der Waals surface area (Å²) < 4.78 is 39.9. The van der Waals surface area contributed by atoms with Gasteiger partial charge in [-0.2, -0.15) is 13.2 Å². The van der Waals surface area contributed by atoms with E-state index in [1.54, 1.807) is 6.07 Å². The van der Waals surface area contributed by atoms with Gasteiger partial charge < -0.3 is 25.2 Å². The third-order valence-electron chi connectivity index (χ3n) is 3.54. The van der Waals surface area contributed by atoms with Crippen LogP contribution in [0.1, 0.15) is 22.3 Å². The summed E-state index contributed by atoms with van der Waals surface area (Å²) in [6.07, 6.45) is -4.07. The number of alkyl halides is 3. The number of pyridine rings is 1. The molecule has 0 spiro atoms. The standard InChI is InChI=1S/C16H13F3N2O6/c17-16(18,19)8-7-9(22)13(14(25)12(8)15(26)27)20-10(23)4-6-21-5-2-1-3-11(21)24/h1-3,5,7,22,25H,4,6H2,(H,20,23)(H,26,27). The summed E-state index contributed by atoms with van der Waals surface area (Å²) in [5.41, 5.74) is -4.53. The van der Waals surface area contributed by atoms with Crippen molar-refractivity contribution in [2.75, 3.05) is 5.32 Å². The normalized spacial score (nSPS) is 11.2. The predicted octanol–water partition coefficient (Wildman–Crippen LogP) is 2.01. The number of benzene rings is 1. The molecule has 0 radical (unpaired) electrons. The number of nitrogens with zero attached hydrogens (tertiary/aromatic N) is 1. The Labute approximate surface area is 149 Å². The number of phenolic OH excluding ortho intramolecular Hbond substituents is 1. The highest BCUT2D eigenvalue weighted by Gasteiger charge is 2.39. The number of carbonyl (C=O) groups excluding carboxylic acids is 1. The average Bonchev–Trinajstić information content (AvgIpc) is 2.56. The minimum Gasteiger partial charge on any atom is -0.506 e. The van der Waals surface area contributed by atoms with Gasteiger partial charge in [0, 0.05) is 25.2 Å². The predicted molar refractivity (Wildman–Crippen MR) is 85.7 cm³/mol. The molecule has 1 aromatic carbocycles. The molecule has 27 heavy (non-hydrogen) atoms. The molecule has 144 valence electrons. The van der Waals surface area contributed by atoms with Gasteiger partial charge in [-0.3, -0.25) is 9.59 Å². The van der Waals surface area contributed by atoms with E-state index < -0.39 is 51.9 Å². The number of carboxylic acid groups (broad SMARTS) is 1. The number of halogens is 3. The average molecular weight is 386 g/mol. The van der Waals surface area contributed by atoms with Gasteiger partial charge in [-0.25, -0.2) is 4.79 Å². The van der Waals surface area contributed by atoms with E-state index in [-0.39, 0.29) is 19.0 Å². The van der Waals surface area contributed by atoms with Crippen molar-refractivity contribution in [3.8, 4) is 11.5 Å². The van der Waals surface area contributed by atoms with Crippen LogP contribution in [0.15, 0.2) is 35.3 Å². The minimum atomic E-state index is -5.15. The lowest BCUT2D eigenvalue weighted by atomic mass is 10.0. The van der Waals surface area contributed by atoms with E-state index in [1.807, 2.05) is 5.32 Å². The lowest BCUT2D eigenvalue weighted by Crippen LogP contribution is -2.22. The van der Waals surface area contributed by atoms with E-state index in [2.05, 4.69) is 0 Å². The summed E-state index contributed by atoms with van der Waals surface area (Å²) in [5.74, 6) is -5.55. The van der Waals surface area contributed by atoms with Gasteiger partial charge in [-0.05, 0) is 12.1 Å². The Balaban J connectivity index is 2.29. The van der Waals surface area contributed by atoms with Gasteiger partial charge in [0.2, 0.25) is 5.91 Å². The van der Waals surface area contributed by atoms with Crippen molar-refractivity contribution in [1.29, 1.82) is 0 Å². The first-order valence-electron chi connectivity index (χ1n) is 7.37. The van der Waals surface area contributed by atoms with Gasteiger partial charge in [-0.15, -0.1) is 0 Å². The van der Waals surface area contributed by atoms with Crippen molar-refractivity contribution in [2.24, 2.45) is 0 Å². The Morgan fingerprint density at radius 3 is 2.41 bits per heavy atom. The Morgan fingerprint density at radius 2 is 1.85 bits per heavy atom. The molecular weight excluding hydrogens is 373 g/mol. The number of amides is 1. The molecule has 8 nitrogen and oxygen atoms in total. The summed E-state index contributed by atoms with van der Waals surface area (Å²) in [4.78, 5) is 34.6. The fourth-order valence-corrected chi connectivity index (χ4v) is 2.29. The number of hydrogen-bond donors (Lipinski definition) is 4. The molecule has 0 aliphatic rings. The van der Waals surface area contributed by atoms with Gasteiger partial charge in [0.05, 0.1) is 5.56 Å². The van der Waals surface area contributed by atoms with Crippen molar-refractivity contribution in [2.45, 2.75) is 19.1 Å². The zero-order valence-electron chi connectivity index (χ0n) is 13.4. The van der Waals surface area contributed by atoms with Crippen LogP contribution < -0.4 is 10.9 Å². The quantitative estimate of drug-likeness (QED) is 0.582. The largest absolute Gasteiger partial charge is 0.506 e. The lowest BCUT2D eigenvalue weighted by molar-refractivity contribution is -0.138. The van der Waals surface area contributed by atoms with E-state index >= 15 is 0 Å². The van der Waals surface area contributed by atoms with Crippen LogP contribution in [-0.4, -0.2) is 31.8 Å². The number of anilines is 1. The second-order valence-corrected chi connectivity index (χ2v) is 5.38. The number of rotatable bonds is 5. The fourth-order valence-electron chi connectivity index (χ4n) is 2.29. The van der Waals surface area contributed by atoms with Crippen molar-refractivity contribution in [1.82, 2.24) is 4.57 Å². The summed E-state index contributed by atoms with van der Waals surface area (Å²) in [5, 5.41) is 30.5. The number of phenols is 2. The SMILES string of the molecule is O=C(CCn1ccccc1=O)Nc1c(O)cc(C(F)(F)F)c(C(=O)O)c1O. The lowest BCUT2D eigenvalue weighted by Gasteiger charge is -2.16. The zero-order chi connectivity index (χ0) is 20.4. The molecule has 0 atom stereocenters. The Hall–Kier alpha value is -3.50. The summed E-state index contributed by atoms with van der Waals surface area (Å²) in [7, 11) is 0. The van der Waals surface area contributed by atoms with Crippen LogP contribution in [0.25, 0.3) is 0 Å². The maximum absolute atomic E-state index is 12.9. The number of aromatic hydroxyl groups is 2. The molecule has 1 heterocycles.